The fraction of sp³-hybridized carbons (Fsp3) is 0.300. The average molecular weight is 264 g/mol. The Hall–Kier alpha value is -2.09. The highest BCUT2D eigenvalue weighted by molar-refractivity contribution is 7.17. The molecule has 0 spiro atoms. The molecule has 0 radical (unpaired) electrons. The molecule has 0 aromatic carbocycles. The Balaban J connectivity index is 1.91. The van der Waals surface area contributed by atoms with E-state index in [0.29, 0.717) is 22.4 Å². The largest absolute Gasteiger partial charge is 0.360 e. The van der Waals surface area contributed by atoms with Crippen molar-refractivity contribution in [2.75, 3.05) is 11.9 Å². The molecule has 0 bridgehead atoms. The van der Waals surface area contributed by atoms with Crippen LogP contribution >= 0.6 is 11.3 Å². The Bertz CT molecular complexity index is 514. The second-order valence-corrected chi connectivity index (χ2v) is 4.32. The summed E-state index contributed by atoms with van der Waals surface area (Å²) >= 11 is 1.22. The van der Waals surface area contributed by atoms with Gasteiger partial charge < -0.3 is 10.6 Å². The first-order chi connectivity index (χ1) is 8.79. The molecule has 94 valence electrons. The topological polar surface area (TPSA) is 92.7 Å². The van der Waals surface area contributed by atoms with Crippen LogP contribution < -0.4 is 10.6 Å². The number of anilines is 1. The number of amides is 1. The highest BCUT2D eigenvalue weighted by atomic mass is 32.1. The lowest BCUT2D eigenvalue weighted by molar-refractivity contribution is 0.0949. The summed E-state index contributed by atoms with van der Waals surface area (Å²) in [4.78, 5) is 11.8. The third-order valence-electron chi connectivity index (χ3n) is 2.00. The van der Waals surface area contributed by atoms with Crippen LogP contribution in [0.3, 0.4) is 0 Å². The molecule has 0 atom stereocenters. The monoisotopic (exact) mass is 264 g/mol. The van der Waals surface area contributed by atoms with Gasteiger partial charge in [-0.1, -0.05) is 11.3 Å². The van der Waals surface area contributed by atoms with Crippen molar-refractivity contribution >= 4 is 22.4 Å². The lowest BCUT2D eigenvalue weighted by atomic mass is 10.4. The summed E-state index contributed by atoms with van der Waals surface area (Å²) in [6.45, 7) is 3.02. The minimum absolute atomic E-state index is 0.262. The minimum atomic E-state index is -0.262. The third kappa shape index (κ3) is 3.20. The first kappa shape index (κ1) is 12.4. The van der Waals surface area contributed by atoms with Gasteiger partial charge in [0, 0.05) is 12.7 Å². The van der Waals surface area contributed by atoms with Crippen LogP contribution in [-0.2, 0) is 6.54 Å². The van der Waals surface area contributed by atoms with Gasteiger partial charge in [-0.3, -0.25) is 4.79 Å². The van der Waals surface area contributed by atoms with Crippen molar-refractivity contribution in [1.82, 2.24) is 25.7 Å². The molecule has 0 aliphatic heterocycles. The van der Waals surface area contributed by atoms with Gasteiger partial charge in [0.1, 0.15) is 0 Å². The van der Waals surface area contributed by atoms with Crippen LogP contribution in [0.1, 0.15) is 22.4 Å². The SMILES string of the molecule is CCNc1nnc(C(=O)NCc2cccnn2)s1. The first-order valence-electron chi connectivity index (χ1n) is 5.41. The Labute approximate surface area is 108 Å². The second-order valence-electron chi connectivity index (χ2n) is 3.34. The predicted molar refractivity (Wildman–Crippen MR) is 67.3 cm³/mol. The molecule has 0 saturated carbocycles. The first-order valence-corrected chi connectivity index (χ1v) is 6.23. The van der Waals surface area contributed by atoms with Gasteiger partial charge >= 0.3 is 0 Å². The summed E-state index contributed by atoms with van der Waals surface area (Å²) in [6, 6.07) is 3.56. The molecule has 8 heteroatoms. The zero-order valence-electron chi connectivity index (χ0n) is 9.75. The molecule has 2 aromatic rings. The van der Waals surface area contributed by atoms with E-state index >= 15 is 0 Å². The molecule has 0 aliphatic rings. The highest BCUT2D eigenvalue weighted by Gasteiger charge is 2.12. The van der Waals surface area contributed by atoms with Crippen LogP contribution in [0.5, 0.6) is 0 Å². The van der Waals surface area contributed by atoms with Crippen molar-refractivity contribution < 1.29 is 4.79 Å². The Morgan fingerprint density at radius 1 is 1.39 bits per heavy atom. The van der Waals surface area contributed by atoms with Crippen LogP contribution in [0.25, 0.3) is 0 Å². The number of nitrogens with zero attached hydrogens (tertiary/aromatic N) is 4. The van der Waals surface area contributed by atoms with Crippen molar-refractivity contribution in [2.24, 2.45) is 0 Å². The van der Waals surface area contributed by atoms with E-state index in [4.69, 9.17) is 0 Å². The van der Waals surface area contributed by atoms with Crippen molar-refractivity contribution in [2.45, 2.75) is 13.5 Å². The molecule has 0 saturated heterocycles. The minimum Gasteiger partial charge on any atom is -0.360 e. The number of hydrogen-bond donors (Lipinski definition) is 2. The maximum atomic E-state index is 11.8. The van der Waals surface area contributed by atoms with Crippen molar-refractivity contribution in [3.05, 3.63) is 29.0 Å². The molecule has 18 heavy (non-hydrogen) atoms. The molecule has 0 fully saturated rings. The Morgan fingerprint density at radius 3 is 3.00 bits per heavy atom. The van der Waals surface area contributed by atoms with Crippen LogP contribution in [0.2, 0.25) is 0 Å². The number of hydrogen-bond acceptors (Lipinski definition) is 7. The maximum absolute atomic E-state index is 11.8. The van der Waals surface area contributed by atoms with Crippen LogP contribution in [0, 0.1) is 0 Å². The number of aromatic nitrogens is 4. The smallest absolute Gasteiger partial charge is 0.282 e. The van der Waals surface area contributed by atoms with E-state index in [9.17, 15) is 4.79 Å². The molecule has 2 heterocycles. The summed E-state index contributed by atoms with van der Waals surface area (Å²) in [5, 5.41) is 21.9. The molecule has 0 unspecified atom stereocenters. The fourth-order valence-corrected chi connectivity index (χ4v) is 1.94. The van der Waals surface area contributed by atoms with Gasteiger partial charge in [-0.25, -0.2) is 0 Å². The number of nitrogens with one attached hydrogen (secondary N) is 2. The number of rotatable bonds is 5. The second kappa shape index (κ2) is 6.01. The van der Waals surface area contributed by atoms with Crippen molar-refractivity contribution in [3.8, 4) is 0 Å². The molecule has 7 nitrogen and oxygen atoms in total. The summed E-state index contributed by atoms with van der Waals surface area (Å²) in [5.41, 5.74) is 0.697. The van der Waals surface area contributed by atoms with E-state index in [2.05, 4.69) is 31.0 Å². The summed E-state index contributed by atoms with van der Waals surface area (Å²) in [6.07, 6.45) is 1.58. The number of carbonyl (C=O) groups excluding carboxylic acids is 1. The summed E-state index contributed by atoms with van der Waals surface area (Å²) in [7, 11) is 0. The summed E-state index contributed by atoms with van der Waals surface area (Å²) in [5.74, 6) is -0.262. The van der Waals surface area contributed by atoms with E-state index in [1.54, 1.807) is 18.3 Å². The molecular weight excluding hydrogens is 252 g/mol. The summed E-state index contributed by atoms with van der Waals surface area (Å²) < 4.78 is 0. The lowest BCUT2D eigenvalue weighted by Gasteiger charge is -2.00. The van der Waals surface area contributed by atoms with Crippen LogP contribution in [-0.4, -0.2) is 32.8 Å². The van der Waals surface area contributed by atoms with Gasteiger partial charge in [0.2, 0.25) is 10.1 Å². The zero-order chi connectivity index (χ0) is 12.8. The molecular formula is C10H12N6OS. The third-order valence-corrected chi connectivity index (χ3v) is 2.88. The molecule has 2 rings (SSSR count). The Morgan fingerprint density at radius 2 is 2.28 bits per heavy atom. The normalized spacial score (nSPS) is 10.1. The standard InChI is InChI=1S/C10H12N6OS/c1-2-11-10-16-15-9(18-10)8(17)12-6-7-4-3-5-13-14-7/h3-5H,2,6H2,1H3,(H,11,16)(H,12,17). The number of carbonyl (C=O) groups is 1. The van der Waals surface area contributed by atoms with E-state index in [1.165, 1.54) is 11.3 Å². The van der Waals surface area contributed by atoms with Gasteiger partial charge in [-0.15, -0.1) is 10.2 Å². The van der Waals surface area contributed by atoms with E-state index in [1.807, 2.05) is 6.92 Å². The van der Waals surface area contributed by atoms with E-state index in [-0.39, 0.29) is 5.91 Å². The predicted octanol–water partition coefficient (Wildman–Crippen LogP) is 0.690. The lowest BCUT2D eigenvalue weighted by Crippen LogP contribution is -2.23. The van der Waals surface area contributed by atoms with Crippen molar-refractivity contribution in [1.29, 1.82) is 0 Å². The Kier molecular flexibility index (Phi) is 4.13. The van der Waals surface area contributed by atoms with Gasteiger partial charge in [-0.2, -0.15) is 10.2 Å². The van der Waals surface area contributed by atoms with Crippen molar-refractivity contribution in [3.63, 3.8) is 0 Å². The average Bonchev–Trinajstić information content (AvgIpc) is 2.86. The molecule has 2 N–H and O–H groups in total. The molecule has 1 amide bonds. The van der Waals surface area contributed by atoms with E-state index in [0.717, 1.165) is 6.54 Å². The highest BCUT2D eigenvalue weighted by Crippen LogP contribution is 2.14. The quantitative estimate of drug-likeness (QED) is 0.825. The fourth-order valence-electron chi connectivity index (χ4n) is 1.21. The van der Waals surface area contributed by atoms with Gasteiger partial charge in [0.25, 0.3) is 5.91 Å². The molecule has 0 aliphatic carbocycles. The van der Waals surface area contributed by atoms with Crippen LogP contribution in [0.15, 0.2) is 18.3 Å². The van der Waals surface area contributed by atoms with Gasteiger partial charge in [0.05, 0.1) is 12.2 Å². The molecule has 2 aromatic heterocycles. The van der Waals surface area contributed by atoms with Gasteiger partial charge in [0.15, 0.2) is 0 Å². The maximum Gasteiger partial charge on any atom is 0.282 e. The van der Waals surface area contributed by atoms with Gasteiger partial charge in [-0.05, 0) is 19.1 Å². The van der Waals surface area contributed by atoms with Crippen LogP contribution in [0.4, 0.5) is 5.13 Å². The van der Waals surface area contributed by atoms with E-state index < -0.39 is 0 Å². The zero-order valence-corrected chi connectivity index (χ0v) is 10.6.